The second-order valence-corrected chi connectivity index (χ2v) is 10.8. The van der Waals surface area contributed by atoms with Crippen molar-refractivity contribution >= 4 is 16.0 Å². The zero-order valence-electron chi connectivity index (χ0n) is 18.5. The lowest BCUT2D eigenvalue weighted by Gasteiger charge is -2.39. The normalized spacial score (nSPS) is 27.4. The number of sulfonamides is 1. The maximum absolute atomic E-state index is 11.9. The molecule has 0 unspecified atom stereocenters. The molecule has 1 N–H and O–H groups in total. The Bertz CT molecular complexity index is 939. The second kappa shape index (κ2) is 9.71. The molecule has 31 heavy (non-hydrogen) atoms. The van der Waals surface area contributed by atoms with Gasteiger partial charge in [-0.2, -0.15) is 0 Å². The van der Waals surface area contributed by atoms with Crippen LogP contribution in [0.3, 0.4) is 0 Å². The van der Waals surface area contributed by atoms with Crippen molar-refractivity contribution < 1.29 is 13.2 Å². The number of rotatable bonds is 7. The zero-order chi connectivity index (χ0) is 21.8. The quantitative estimate of drug-likeness (QED) is 0.708. The van der Waals surface area contributed by atoms with E-state index >= 15 is 0 Å². The molecule has 2 atom stereocenters. The standard InChI is InChI=1S/C23H34N4O3S/c1-26-15-13-24-23(26)27-14-12-21(25-31(2,28)29)22(16-27)30-17-18-8-10-20(11-9-18)19-6-4-3-5-7-19/h3-7,13,15,18,20-22,25H,8-12,14,16-17H2,1-2H3/t18?,20?,21-,22+/m1/s1. The summed E-state index contributed by atoms with van der Waals surface area (Å²) in [6.07, 6.45) is 10.1. The van der Waals surface area contributed by atoms with E-state index < -0.39 is 10.0 Å². The van der Waals surface area contributed by atoms with Gasteiger partial charge in [-0.3, -0.25) is 0 Å². The highest BCUT2D eigenvalue weighted by Crippen LogP contribution is 2.36. The molecule has 2 aromatic rings. The van der Waals surface area contributed by atoms with E-state index in [9.17, 15) is 8.42 Å². The molecule has 7 nitrogen and oxygen atoms in total. The number of aryl methyl sites for hydroxylation is 1. The van der Waals surface area contributed by atoms with Crippen LogP contribution in [-0.4, -0.2) is 56.1 Å². The van der Waals surface area contributed by atoms with Crippen LogP contribution in [0.5, 0.6) is 0 Å². The highest BCUT2D eigenvalue weighted by molar-refractivity contribution is 7.88. The minimum Gasteiger partial charge on any atom is -0.374 e. The maximum atomic E-state index is 11.9. The van der Waals surface area contributed by atoms with Gasteiger partial charge in [-0.1, -0.05) is 30.3 Å². The minimum atomic E-state index is -3.29. The summed E-state index contributed by atoms with van der Waals surface area (Å²) in [5.74, 6) is 2.07. The summed E-state index contributed by atoms with van der Waals surface area (Å²) in [5.41, 5.74) is 1.44. The number of benzene rings is 1. The monoisotopic (exact) mass is 446 g/mol. The molecule has 1 aliphatic heterocycles. The number of nitrogens with zero attached hydrogens (tertiary/aromatic N) is 3. The van der Waals surface area contributed by atoms with Gasteiger partial charge in [-0.15, -0.1) is 0 Å². The maximum Gasteiger partial charge on any atom is 0.209 e. The fourth-order valence-corrected chi connectivity index (χ4v) is 5.81. The predicted molar refractivity (Wildman–Crippen MR) is 123 cm³/mol. The van der Waals surface area contributed by atoms with Crippen LogP contribution < -0.4 is 9.62 Å². The molecular formula is C23H34N4O3S. The molecular weight excluding hydrogens is 412 g/mol. The van der Waals surface area contributed by atoms with Crippen LogP contribution in [-0.2, 0) is 21.8 Å². The van der Waals surface area contributed by atoms with Gasteiger partial charge in [0.15, 0.2) is 0 Å². The fraction of sp³-hybridized carbons (Fsp3) is 0.609. The van der Waals surface area contributed by atoms with Crippen LogP contribution in [0.1, 0.15) is 43.6 Å². The van der Waals surface area contributed by atoms with Crippen LogP contribution >= 0.6 is 0 Å². The lowest BCUT2D eigenvalue weighted by molar-refractivity contribution is -0.00146. The summed E-state index contributed by atoms with van der Waals surface area (Å²) in [6.45, 7) is 2.07. The van der Waals surface area contributed by atoms with Gasteiger partial charge < -0.3 is 14.2 Å². The van der Waals surface area contributed by atoms with Gasteiger partial charge in [-0.25, -0.2) is 18.1 Å². The summed E-state index contributed by atoms with van der Waals surface area (Å²) in [6, 6.07) is 10.6. The molecule has 2 aliphatic rings. The molecule has 0 radical (unpaired) electrons. The van der Waals surface area contributed by atoms with Gasteiger partial charge in [0.2, 0.25) is 16.0 Å². The average molecular weight is 447 g/mol. The Kier molecular flexibility index (Phi) is 6.99. The SMILES string of the molecule is Cn1ccnc1N1CC[C@@H](NS(C)(=O)=O)[C@@H](OCC2CCC(c3ccccc3)CC2)C1. The molecule has 1 aliphatic carbocycles. The van der Waals surface area contributed by atoms with E-state index in [1.807, 2.05) is 17.8 Å². The molecule has 0 amide bonds. The van der Waals surface area contributed by atoms with Crippen molar-refractivity contribution in [2.45, 2.75) is 50.2 Å². The highest BCUT2D eigenvalue weighted by atomic mass is 32.2. The van der Waals surface area contributed by atoms with Gasteiger partial charge in [-0.05, 0) is 49.5 Å². The van der Waals surface area contributed by atoms with Crippen molar-refractivity contribution in [3.63, 3.8) is 0 Å². The summed E-state index contributed by atoms with van der Waals surface area (Å²) in [7, 11) is -1.31. The summed E-state index contributed by atoms with van der Waals surface area (Å²) in [4.78, 5) is 6.65. The summed E-state index contributed by atoms with van der Waals surface area (Å²) >= 11 is 0. The lowest BCUT2D eigenvalue weighted by atomic mass is 9.79. The largest absolute Gasteiger partial charge is 0.374 e. The summed E-state index contributed by atoms with van der Waals surface area (Å²) in [5, 5.41) is 0. The summed E-state index contributed by atoms with van der Waals surface area (Å²) < 4.78 is 35.0. The third-order valence-corrected chi connectivity index (χ3v) is 7.40. The van der Waals surface area contributed by atoms with Crippen molar-refractivity contribution in [3.8, 4) is 0 Å². The van der Waals surface area contributed by atoms with Crippen LogP contribution in [0.15, 0.2) is 42.7 Å². The van der Waals surface area contributed by atoms with Crippen molar-refractivity contribution in [2.24, 2.45) is 13.0 Å². The van der Waals surface area contributed by atoms with Crippen molar-refractivity contribution in [1.29, 1.82) is 0 Å². The second-order valence-electron chi connectivity index (χ2n) is 9.07. The molecule has 1 aromatic carbocycles. The average Bonchev–Trinajstić information content (AvgIpc) is 3.19. The first-order valence-corrected chi connectivity index (χ1v) is 13.1. The Morgan fingerprint density at radius 1 is 1.13 bits per heavy atom. The Morgan fingerprint density at radius 2 is 1.87 bits per heavy atom. The van der Waals surface area contributed by atoms with E-state index in [0.717, 1.165) is 25.3 Å². The van der Waals surface area contributed by atoms with E-state index in [0.29, 0.717) is 31.4 Å². The zero-order valence-corrected chi connectivity index (χ0v) is 19.3. The first-order valence-electron chi connectivity index (χ1n) is 11.2. The molecule has 0 bridgehead atoms. The number of ether oxygens (including phenoxy) is 1. The van der Waals surface area contributed by atoms with Gasteiger partial charge in [0.25, 0.3) is 0 Å². The van der Waals surface area contributed by atoms with E-state index in [-0.39, 0.29) is 12.1 Å². The highest BCUT2D eigenvalue weighted by Gasteiger charge is 2.34. The molecule has 1 aromatic heterocycles. The van der Waals surface area contributed by atoms with Gasteiger partial charge in [0, 0.05) is 39.1 Å². The minimum absolute atomic E-state index is 0.188. The van der Waals surface area contributed by atoms with Crippen molar-refractivity contribution in [2.75, 3.05) is 30.9 Å². The topological polar surface area (TPSA) is 76.5 Å². The van der Waals surface area contributed by atoms with Crippen LogP contribution in [0.2, 0.25) is 0 Å². The Hall–Kier alpha value is -1.90. The molecule has 170 valence electrons. The number of piperidine rings is 1. The van der Waals surface area contributed by atoms with Gasteiger partial charge in [0.05, 0.1) is 18.4 Å². The Labute approximate surface area is 185 Å². The van der Waals surface area contributed by atoms with E-state index in [2.05, 4.69) is 44.9 Å². The molecule has 2 fully saturated rings. The van der Waals surface area contributed by atoms with Crippen LogP contribution in [0.4, 0.5) is 5.95 Å². The number of hydrogen-bond donors (Lipinski definition) is 1. The van der Waals surface area contributed by atoms with E-state index in [1.54, 1.807) is 6.20 Å². The fourth-order valence-electron chi connectivity index (χ4n) is 4.99. The smallest absolute Gasteiger partial charge is 0.209 e. The first-order chi connectivity index (χ1) is 14.9. The van der Waals surface area contributed by atoms with E-state index in [1.165, 1.54) is 24.7 Å². The third-order valence-electron chi connectivity index (χ3n) is 6.67. The molecule has 4 rings (SSSR count). The van der Waals surface area contributed by atoms with E-state index in [4.69, 9.17) is 4.74 Å². The third kappa shape index (κ3) is 5.87. The van der Waals surface area contributed by atoms with Crippen molar-refractivity contribution in [1.82, 2.24) is 14.3 Å². The molecule has 2 heterocycles. The Morgan fingerprint density at radius 3 is 2.52 bits per heavy atom. The van der Waals surface area contributed by atoms with Gasteiger partial charge >= 0.3 is 0 Å². The first kappa shape index (κ1) is 22.3. The van der Waals surface area contributed by atoms with Crippen LogP contribution in [0.25, 0.3) is 0 Å². The number of anilines is 1. The number of hydrogen-bond acceptors (Lipinski definition) is 5. The molecule has 0 spiro atoms. The molecule has 8 heteroatoms. The predicted octanol–water partition coefficient (Wildman–Crippen LogP) is 2.91. The molecule has 1 saturated heterocycles. The van der Waals surface area contributed by atoms with Gasteiger partial charge in [0.1, 0.15) is 0 Å². The van der Waals surface area contributed by atoms with Crippen molar-refractivity contribution in [3.05, 3.63) is 48.3 Å². The molecule has 1 saturated carbocycles. The number of imidazole rings is 1. The lowest BCUT2D eigenvalue weighted by Crippen LogP contribution is -2.55. The number of aromatic nitrogens is 2. The Balaban J connectivity index is 1.35. The number of nitrogens with one attached hydrogen (secondary N) is 1. The van der Waals surface area contributed by atoms with Crippen LogP contribution in [0, 0.1) is 5.92 Å².